The van der Waals surface area contributed by atoms with Crippen molar-refractivity contribution in [3.05, 3.63) is 24.6 Å². The summed E-state index contributed by atoms with van der Waals surface area (Å²) < 4.78 is 4.62. The lowest BCUT2D eigenvalue weighted by molar-refractivity contribution is -0.130. The average molecular weight is 153 g/mol. The molecule has 0 amide bonds. The lowest BCUT2D eigenvalue weighted by Crippen LogP contribution is -2.02. The molecule has 4 heteroatoms. The minimum atomic E-state index is -0.621. The maximum atomic E-state index is 10.7. The summed E-state index contributed by atoms with van der Waals surface area (Å²) >= 11 is 0. The van der Waals surface area contributed by atoms with E-state index in [1.165, 1.54) is 0 Å². The largest absolute Gasteiger partial charge is 0.513 e. The van der Waals surface area contributed by atoms with Crippen molar-refractivity contribution in [1.82, 2.24) is 0 Å². The molecule has 0 radical (unpaired) electrons. The summed E-state index contributed by atoms with van der Waals surface area (Å²) in [6.07, 6.45) is 2.58. The molecule has 58 valence electrons. The van der Waals surface area contributed by atoms with Gasteiger partial charge in [0.1, 0.15) is 6.26 Å². The first-order valence-corrected chi connectivity index (χ1v) is 3.03. The van der Waals surface area contributed by atoms with Crippen LogP contribution in [-0.4, -0.2) is 17.0 Å². The number of cyclic esters (lactones) is 1. The van der Waals surface area contributed by atoms with Gasteiger partial charge in [0.05, 0.1) is 0 Å². The third kappa shape index (κ3) is 1.46. The molecule has 0 aromatic heterocycles. The minimum absolute atomic E-state index is 0.0677. The highest BCUT2D eigenvalue weighted by Crippen LogP contribution is 2.11. The highest BCUT2D eigenvalue weighted by Gasteiger charge is 2.21. The van der Waals surface area contributed by atoms with Crippen LogP contribution >= 0.6 is 0 Å². The van der Waals surface area contributed by atoms with E-state index in [1.807, 2.05) is 0 Å². The number of carbonyl (C=O) groups is 1. The van der Waals surface area contributed by atoms with Gasteiger partial charge in [0.25, 0.3) is 0 Å². The number of nitrogens with zero attached hydrogens (tertiary/aromatic N) is 1. The molecule has 0 unspecified atom stereocenters. The SMILES string of the molecule is C=CCC1=N/C(=C/O)C(=O)O1. The molecule has 0 atom stereocenters. The van der Waals surface area contributed by atoms with Gasteiger partial charge in [-0.3, -0.25) is 0 Å². The van der Waals surface area contributed by atoms with Gasteiger partial charge in [0, 0.05) is 6.42 Å². The van der Waals surface area contributed by atoms with Crippen molar-refractivity contribution < 1.29 is 14.6 Å². The summed E-state index contributed by atoms with van der Waals surface area (Å²) in [6.45, 7) is 3.45. The van der Waals surface area contributed by atoms with Crippen LogP contribution in [0.5, 0.6) is 0 Å². The zero-order valence-corrected chi connectivity index (χ0v) is 5.78. The second-order valence-electron chi connectivity index (χ2n) is 1.90. The van der Waals surface area contributed by atoms with Crippen LogP contribution in [0.4, 0.5) is 0 Å². The third-order valence-electron chi connectivity index (χ3n) is 1.11. The lowest BCUT2D eigenvalue weighted by atomic mass is 10.4. The second-order valence-corrected chi connectivity index (χ2v) is 1.90. The number of rotatable bonds is 2. The van der Waals surface area contributed by atoms with E-state index in [0.717, 1.165) is 0 Å². The predicted octanol–water partition coefficient (Wildman–Crippen LogP) is 0.917. The molecule has 1 aliphatic heterocycles. The molecular weight excluding hydrogens is 146 g/mol. The summed E-state index contributed by atoms with van der Waals surface area (Å²) in [5.41, 5.74) is -0.0677. The number of ether oxygens (including phenoxy) is 1. The molecule has 1 heterocycles. The number of aliphatic hydroxyl groups excluding tert-OH is 1. The Kier molecular flexibility index (Phi) is 2.06. The number of carbonyl (C=O) groups excluding carboxylic acids is 1. The van der Waals surface area contributed by atoms with Crippen LogP contribution in [0.25, 0.3) is 0 Å². The van der Waals surface area contributed by atoms with Gasteiger partial charge in [0.15, 0.2) is 5.70 Å². The van der Waals surface area contributed by atoms with E-state index in [9.17, 15) is 4.79 Å². The molecule has 1 rings (SSSR count). The van der Waals surface area contributed by atoms with Gasteiger partial charge < -0.3 is 9.84 Å². The first kappa shape index (κ1) is 7.53. The summed E-state index contributed by atoms with van der Waals surface area (Å²) in [5, 5.41) is 8.43. The van der Waals surface area contributed by atoms with Crippen LogP contribution < -0.4 is 0 Å². The van der Waals surface area contributed by atoms with Crippen molar-refractivity contribution >= 4 is 11.9 Å². The maximum Gasteiger partial charge on any atom is 0.366 e. The predicted molar refractivity (Wildman–Crippen MR) is 39.1 cm³/mol. The van der Waals surface area contributed by atoms with Gasteiger partial charge in [-0.25, -0.2) is 9.79 Å². The number of hydrogen-bond acceptors (Lipinski definition) is 4. The molecule has 4 nitrogen and oxygen atoms in total. The standard InChI is InChI=1S/C7H7NO3/c1-2-3-6-8-5(4-9)7(10)11-6/h2,4,9H,1,3H2/b5-4+. The fraction of sp³-hybridized carbons (Fsp3) is 0.143. The number of aliphatic imine (C=N–C) groups is 1. The Bertz CT molecular complexity index is 252. The number of hydrogen-bond donors (Lipinski definition) is 1. The second kappa shape index (κ2) is 3.01. The Balaban J connectivity index is 2.75. The molecule has 1 aliphatic rings. The molecule has 0 aromatic carbocycles. The van der Waals surface area contributed by atoms with Gasteiger partial charge in [0.2, 0.25) is 5.90 Å². The summed E-state index contributed by atoms with van der Waals surface area (Å²) in [5.74, 6) is -0.352. The van der Waals surface area contributed by atoms with Crippen LogP contribution in [0.3, 0.4) is 0 Å². The summed E-state index contributed by atoms with van der Waals surface area (Å²) in [4.78, 5) is 14.4. The molecule has 0 aliphatic carbocycles. The summed E-state index contributed by atoms with van der Waals surface area (Å²) in [6, 6.07) is 0. The van der Waals surface area contributed by atoms with Crippen LogP contribution in [0.1, 0.15) is 6.42 Å². The Morgan fingerprint density at radius 3 is 2.91 bits per heavy atom. The molecule has 0 saturated heterocycles. The molecule has 0 fully saturated rings. The van der Waals surface area contributed by atoms with Crippen LogP contribution in [0.2, 0.25) is 0 Å². The van der Waals surface area contributed by atoms with Gasteiger partial charge >= 0.3 is 5.97 Å². The van der Waals surface area contributed by atoms with E-state index >= 15 is 0 Å². The van der Waals surface area contributed by atoms with Crippen molar-refractivity contribution in [3.63, 3.8) is 0 Å². The summed E-state index contributed by atoms with van der Waals surface area (Å²) in [7, 11) is 0. The zero-order chi connectivity index (χ0) is 8.27. The quantitative estimate of drug-likeness (QED) is 0.277. The van der Waals surface area contributed by atoms with E-state index in [4.69, 9.17) is 5.11 Å². The van der Waals surface area contributed by atoms with Crippen LogP contribution in [0, 0.1) is 0 Å². The van der Waals surface area contributed by atoms with E-state index < -0.39 is 5.97 Å². The lowest BCUT2D eigenvalue weighted by Gasteiger charge is -1.90. The van der Waals surface area contributed by atoms with Gasteiger partial charge in [-0.05, 0) is 0 Å². The number of esters is 1. The van der Waals surface area contributed by atoms with Crippen molar-refractivity contribution in [1.29, 1.82) is 0 Å². The minimum Gasteiger partial charge on any atom is -0.513 e. The number of aliphatic hydroxyl groups is 1. The molecule has 1 N–H and O–H groups in total. The Hall–Kier alpha value is -1.58. The van der Waals surface area contributed by atoms with Crippen molar-refractivity contribution in [2.45, 2.75) is 6.42 Å². The maximum absolute atomic E-state index is 10.7. The van der Waals surface area contributed by atoms with E-state index in [0.29, 0.717) is 12.7 Å². The molecule has 0 bridgehead atoms. The Morgan fingerprint density at radius 1 is 1.73 bits per heavy atom. The highest BCUT2D eigenvalue weighted by atomic mass is 16.6. The topological polar surface area (TPSA) is 58.9 Å². The first-order chi connectivity index (χ1) is 5.27. The average Bonchev–Trinajstić information content (AvgIpc) is 2.32. The van der Waals surface area contributed by atoms with Crippen molar-refractivity contribution in [2.75, 3.05) is 0 Å². The molecular formula is C7H7NO3. The van der Waals surface area contributed by atoms with Gasteiger partial charge in [-0.2, -0.15) is 0 Å². The van der Waals surface area contributed by atoms with E-state index in [-0.39, 0.29) is 11.6 Å². The highest BCUT2D eigenvalue weighted by molar-refractivity contribution is 6.04. The van der Waals surface area contributed by atoms with Gasteiger partial charge in [-0.1, -0.05) is 6.08 Å². The molecule has 11 heavy (non-hydrogen) atoms. The normalized spacial score (nSPS) is 19.8. The van der Waals surface area contributed by atoms with E-state index in [2.05, 4.69) is 16.3 Å². The van der Waals surface area contributed by atoms with Gasteiger partial charge in [-0.15, -0.1) is 6.58 Å². The first-order valence-electron chi connectivity index (χ1n) is 3.03. The van der Waals surface area contributed by atoms with Crippen molar-refractivity contribution in [2.24, 2.45) is 4.99 Å². The fourth-order valence-electron chi connectivity index (χ4n) is 0.654. The zero-order valence-electron chi connectivity index (χ0n) is 5.78. The smallest absolute Gasteiger partial charge is 0.366 e. The van der Waals surface area contributed by atoms with E-state index in [1.54, 1.807) is 6.08 Å². The Labute approximate surface area is 63.5 Å². The Morgan fingerprint density at radius 2 is 2.45 bits per heavy atom. The molecule has 0 aromatic rings. The van der Waals surface area contributed by atoms with Crippen molar-refractivity contribution in [3.8, 4) is 0 Å². The molecule has 0 spiro atoms. The monoisotopic (exact) mass is 153 g/mol. The fourth-order valence-corrected chi connectivity index (χ4v) is 0.654. The van der Waals surface area contributed by atoms with Crippen LogP contribution in [-0.2, 0) is 9.53 Å². The molecule has 0 saturated carbocycles. The third-order valence-corrected chi connectivity index (χ3v) is 1.11. The van der Waals surface area contributed by atoms with Crippen LogP contribution in [0.15, 0.2) is 29.6 Å².